The minimum absolute atomic E-state index is 0.0448. The van der Waals surface area contributed by atoms with Crippen molar-refractivity contribution in [3.8, 4) is 0 Å². The molecule has 0 aromatic heterocycles. The molecule has 2 rings (SSSR count). The van der Waals surface area contributed by atoms with Crippen LogP contribution in [-0.2, 0) is 9.59 Å². The normalized spacial score (nSPS) is 35.0. The third-order valence-corrected chi connectivity index (χ3v) is 5.79. The Balaban J connectivity index is 2.36. The van der Waals surface area contributed by atoms with Crippen molar-refractivity contribution in [1.82, 2.24) is 0 Å². The first-order chi connectivity index (χ1) is 9.11. The molecular formula is C17H26O3. The van der Waals surface area contributed by atoms with Gasteiger partial charge in [0.05, 0.1) is 5.92 Å². The maximum Gasteiger partial charge on any atom is 0.310 e. The highest BCUT2D eigenvalue weighted by atomic mass is 16.4. The van der Waals surface area contributed by atoms with Crippen LogP contribution in [0.1, 0.15) is 53.9 Å². The summed E-state index contributed by atoms with van der Waals surface area (Å²) < 4.78 is 0. The molecule has 0 heterocycles. The predicted molar refractivity (Wildman–Crippen MR) is 78.3 cm³/mol. The van der Waals surface area contributed by atoms with E-state index in [1.807, 2.05) is 20.8 Å². The van der Waals surface area contributed by atoms with E-state index in [1.54, 1.807) is 6.08 Å². The van der Waals surface area contributed by atoms with Gasteiger partial charge in [-0.1, -0.05) is 40.7 Å². The zero-order valence-corrected chi connectivity index (χ0v) is 13.2. The second kappa shape index (κ2) is 4.71. The van der Waals surface area contributed by atoms with Crippen LogP contribution in [0.15, 0.2) is 11.6 Å². The molecule has 3 atom stereocenters. The Hall–Kier alpha value is -1.12. The van der Waals surface area contributed by atoms with Gasteiger partial charge in [0.25, 0.3) is 0 Å². The van der Waals surface area contributed by atoms with Gasteiger partial charge in [-0.25, -0.2) is 0 Å². The molecular weight excluding hydrogens is 252 g/mol. The molecule has 2 aliphatic rings. The third-order valence-electron chi connectivity index (χ3n) is 5.79. The Labute approximate surface area is 121 Å². The molecule has 3 nitrogen and oxygen atoms in total. The maximum absolute atomic E-state index is 12.7. The zero-order chi connectivity index (χ0) is 15.3. The first-order valence-electron chi connectivity index (χ1n) is 7.60. The number of hydrogen-bond acceptors (Lipinski definition) is 2. The van der Waals surface area contributed by atoms with Crippen LogP contribution in [0.25, 0.3) is 0 Å². The van der Waals surface area contributed by atoms with Gasteiger partial charge < -0.3 is 5.11 Å². The topological polar surface area (TPSA) is 54.4 Å². The van der Waals surface area contributed by atoms with E-state index in [0.29, 0.717) is 12.3 Å². The summed E-state index contributed by atoms with van der Waals surface area (Å²) in [7, 11) is 0. The number of carboxylic acids is 1. The van der Waals surface area contributed by atoms with Crippen molar-refractivity contribution in [3.05, 3.63) is 11.6 Å². The molecule has 3 heteroatoms. The first kappa shape index (κ1) is 15.3. The number of Topliss-reactive ketones (excluding diaryl/α,β-unsaturated/α-hetero) is 1. The zero-order valence-electron chi connectivity index (χ0n) is 13.2. The summed E-state index contributed by atoms with van der Waals surface area (Å²) in [5, 5.41) is 9.38. The highest BCUT2D eigenvalue weighted by molar-refractivity contribution is 6.05. The maximum atomic E-state index is 12.7. The summed E-state index contributed by atoms with van der Waals surface area (Å²) in [6.07, 6.45) is 4.30. The number of hydrogen-bond donors (Lipinski definition) is 1. The number of allylic oxidation sites excluding steroid dienone is 1. The molecule has 0 amide bonds. The van der Waals surface area contributed by atoms with Crippen LogP contribution in [-0.4, -0.2) is 16.9 Å². The Morgan fingerprint density at radius 3 is 2.40 bits per heavy atom. The van der Waals surface area contributed by atoms with E-state index in [9.17, 15) is 14.7 Å². The molecule has 2 aliphatic carbocycles. The van der Waals surface area contributed by atoms with Gasteiger partial charge in [0.2, 0.25) is 0 Å². The smallest absolute Gasteiger partial charge is 0.310 e. The first-order valence-corrected chi connectivity index (χ1v) is 7.60. The van der Waals surface area contributed by atoms with E-state index in [4.69, 9.17) is 0 Å². The van der Waals surface area contributed by atoms with E-state index in [0.717, 1.165) is 18.4 Å². The highest BCUT2D eigenvalue weighted by Crippen LogP contribution is 2.65. The minimum atomic E-state index is -0.815. The molecule has 2 saturated carbocycles. The van der Waals surface area contributed by atoms with E-state index in [2.05, 4.69) is 13.8 Å². The van der Waals surface area contributed by atoms with Crippen LogP contribution in [0.5, 0.6) is 0 Å². The molecule has 0 aromatic rings. The van der Waals surface area contributed by atoms with Gasteiger partial charge >= 0.3 is 5.97 Å². The van der Waals surface area contributed by atoms with Crippen LogP contribution in [0.3, 0.4) is 0 Å². The van der Waals surface area contributed by atoms with E-state index in [-0.39, 0.29) is 22.5 Å². The molecule has 1 N–H and O–H groups in total. The van der Waals surface area contributed by atoms with Gasteiger partial charge in [0.15, 0.2) is 5.78 Å². The van der Waals surface area contributed by atoms with Gasteiger partial charge in [-0.3, -0.25) is 9.59 Å². The Kier molecular flexibility index (Phi) is 3.60. The van der Waals surface area contributed by atoms with Gasteiger partial charge in [-0.05, 0) is 42.1 Å². The Morgan fingerprint density at radius 1 is 1.40 bits per heavy atom. The molecule has 0 spiro atoms. The predicted octanol–water partition coefficient (Wildman–Crippen LogP) is 3.68. The monoisotopic (exact) mass is 278 g/mol. The number of carboxylic acid groups (broad SMARTS) is 1. The summed E-state index contributed by atoms with van der Waals surface area (Å²) >= 11 is 0. The Morgan fingerprint density at radius 2 is 2.00 bits per heavy atom. The van der Waals surface area contributed by atoms with Crippen LogP contribution in [0, 0.1) is 28.6 Å². The highest BCUT2D eigenvalue weighted by Gasteiger charge is 2.63. The number of rotatable bonds is 4. The Bertz CT molecular complexity index is 473. The SMILES string of the molecule is CC(C)C[C@@H](/C=C1/C(=O)[C@]2(C)CC[C@@H]1C2(C)C)C(=O)O. The summed E-state index contributed by atoms with van der Waals surface area (Å²) in [6.45, 7) is 10.4. The second-order valence-corrected chi connectivity index (χ2v) is 7.67. The van der Waals surface area contributed by atoms with E-state index < -0.39 is 11.9 Å². The minimum Gasteiger partial charge on any atom is -0.481 e. The number of carbonyl (C=O) groups excluding carboxylic acids is 1. The second-order valence-electron chi connectivity index (χ2n) is 7.67. The van der Waals surface area contributed by atoms with E-state index >= 15 is 0 Å². The number of carbonyl (C=O) groups is 2. The van der Waals surface area contributed by atoms with Crippen LogP contribution < -0.4 is 0 Å². The lowest BCUT2D eigenvalue weighted by Gasteiger charge is -2.31. The lowest BCUT2D eigenvalue weighted by molar-refractivity contribution is -0.140. The average molecular weight is 278 g/mol. The number of fused-ring (bicyclic) bond motifs is 2. The van der Waals surface area contributed by atoms with Crippen molar-refractivity contribution in [2.75, 3.05) is 0 Å². The molecule has 2 bridgehead atoms. The van der Waals surface area contributed by atoms with Crippen LogP contribution in [0.4, 0.5) is 0 Å². The molecule has 0 saturated heterocycles. The van der Waals surface area contributed by atoms with Crippen LogP contribution >= 0.6 is 0 Å². The fourth-order valence-corrected chi connectivity index (χ4v) is 4.08. The average Bonchev–Trinajstić information content (AvgIpc) is 2.62. The summed E-state index contributed by atoms with van der Waals surface area (Å²) in [5.41, 5.74) is 0.443. The molecule has 20 heavy (non-hydrogen) atoms. The van der Waals surface area contributed by atoms with Crippen molar-refractivity contribution in [2.45, 2.75) is 53.9 Å². The summed E-state index contributed by atoms with van der Waals surface area (Å²) in [6, 6.07) is 0. The molecule has 0 unspecified atom stereocenters. The molecule has 2 fully saturated rings. The van der Waals surface area contributed by atoms with Crippen LogP contribution in [0.2, 0.25) is 0 Å². The summed E-state index contributed by atoms with van der Waals surface area (Å²) in [5.74, 6) is -0.620. The van der Waals surface area contributed by atoms with Crippen molar-refractivity contribution in [2.24, 2.45) is 28.6 Å². The number of ketones is 1. The summed E-state index contributed by atoms with van der Waals surface area (Å²) in [4.78, 5) is 24.1. The van der Waals surface area contributed by atoms with E-state index in [1.165, 1.54) is 0 Å². The quantitative estimate of drug-likeness (QED) is 0.798. The van der Waals surface area contributed by atoms with Crippen molar-refractivity contribution >= 4 is 11.8 Å². The standard InChI is InChI=1S/C17H26O3/c1-10(2)8-11(15(19)20)9-12-13-6-7-17(5,14(12)18)16(13,3)4/h9-11,13H,6-8H2,1-5H3,(H,19,20)/b12-9+/t11-,13-,17-/m0/s1. The third kappa shape index (κ3) is 2.02. The fraction of sp³-hybridized carbons (Fsp3) is 0.765. The molecule has 112 valence electrons. The van der Waals surface area contributed by atoms with Gasteiger partial charge in [-0.2, -0.15) is 0 Å². The van der Waals surface area contributed by atoms with Gasteiger partial charge in [0, 0.05) is 5.41 Å². The van der Waals surface area contributed by atoms with Crippen molar-refractivity contribution in [1.29, 1.82) is 0 Å². The van der Waals surface area contributed by atoms with Gasteiger partial charge in [-0.15, -0.1) is 0 Å². The molecule has 0 aliphatic heterocycles. The fourth-order valence-electron chi connectivity index (χ4n) is 4.08. The lowest BCUT2D eigenvalue weighted by atomic mass is 9.70. The molecule has 0 radical (unpaired) electrons. The molecule has 0 aromatic carbocycles. The van der Waals surface area contributed by atoms with Gasteiger partial charge in [0.1, 0.15) is 0 Å². The van der Waals surface area contributed by atoms with Crippen molar-refractivity contribution in [3.63, 3.8) is 0 Å². The number of aliphatic carboxylic acids is 1. The van der Waals surface area contributed by atoms with Crippen molar-refractivity contribution < 1.29 is 14.7 Å². The largest absolute Gasteiger partial charge is 0.481 e. The lowest BCUT2D eigenvalue weighted by Crippen LogP contribution is -2.32.